The Hall–Kier alpha value is -1.62. The Morgan fingerprint density at radius 3 is 1.28 bits per heavy atom. The molecule has 0 aromatic heterocycles. The summed E-state index contributed by atoms with van der Waals surface area (Å²) in [6, 6.07) is 0. The number of hydrogen-bond acceptors (Lipinski definition) is 5. The third-order valence-corrected chi connectivity index (χ3v) is 6.16. The van der Waals surface area contributed by atoms with Crippen LogP contribution in [-0.4, -0.2) is 36.4 Å². The van der Waals surface area contributed by atoms with Gasteiger partial charge >= 0.3 is 11.9 Å². The fourth-order valence-electron chi connectivity index (χ4n) is 3.81. The molecule has 36 heavy (non-hydrogen) atoms. The first-order valence-electron chi connectivity index (χ1n) is 14.9. The van der Waals surface area contributed by atoms with E-state index in [1.165, 1.54) is 64.2 Å². The van der Waals surface area contributed by atoms with Gasteiger partial charge < -0.3 is 14.6 Å². The molecule has 0 aliphatic heterocycles. The Morgan fingerprint density at radius 1 is 0.556 bits per heavy atom. The summed E-state index contributed by atoms with van der Waals surface area (Å²) < 4.78 is 10.2. The zero-order valence-corrected chi connectivity index (χ0v) is 23.5. The van der Waals surface area contributed by atoms with Crippen LogP contribution in [0.1, 0.15) is 142 Å². The number of carbonyl (C=O) groups is 2. The molecule has 0 unspecified atom stereocenters. The van der Waals surface area contributed by atoms with Crippen LogP contribution in [0.15, 0.2) is 24.3 Å². The summed E-state index contributed by atoms with van der Waals surface area (Å²) in [6.45, 7) is 4.18. The molecular formula is C31H56O5. The standard InChI is InChI=1S/C31H56O5/c1-3-5-7-9-11-13-15-17-19-21-23-25-30(33)35-27-29(32)28-36-31(34)26-24-22-20-18-16-14-12-10-8-6-4-2/h9-12,29,32H,3-8,13-28H2,1-2H3/b11-9-,12-10-. The van der Waals surface area contributed by atoms with Crippen LogP contribution in [0.25, 0.3) is 0 Å². The van der Waals surface area contributed by atoms with Crippen molar-refractivity contribution in [1.82, 2.24) is 0 Å². The average Bonchev–Trinajstić information content (AvgIpc) is 2.88. The second-order valence-corrected chi connectivity index (χ2v) is 9.86. The molecule has 0 spiro atoms. The lowest BCUT2D eigenvalue weighted by Crippen LogP contribution is -2.25. The summed E-state index contributed by atoms with van der Waals surface area (Å²) in [7, 11) is 0. The van der Waals surface area contributed by atoms with Gasteiger partial charge in [0.2, 0.25) is 0 Å². The molecule has 0 radical (unpaired) electrons. The van der Waals surface area contributed by atoms with Crippen LogP contribution in [0, 0.1) is 0 Å². The smallest absolute Gasteiger partial charge is 0.305 e. The van der Waals surface area contributed by atoms with Gasteiger partial charge in [0.25, 0.3) is 0 Å². The predicted molar refractivity (Wildman–Crippen MR) is 150 cm³/mol. The van der Waals surface area contributed by atoms with Crippen molar-refractivity contribution in [2.75, 3.05) is 13.2 Å². The summed E-state index contributed by atoms with van der Waals surface area (Å²) in [6.07, 6.45) is 29.3. The number of hydrogen-bond donors (Lipinski definition) is 1. The fourth-order valence-corrected chi connectivity index (χ4v) is 3.81. The minimum Gasteiger partial charge on any atom is -0.463 e. The first-order valence-corrected chi connectivity index (χ1v) is 14.9. The van der Waals surface area contributed by atoms with E-state index < -0.39 is 6.10 Å². The van der Waals surface area contributed by atoms with Crippen LogP contribution in [0.5, 0.6) is 0 Å². The van der Waals surface area contributed by atoms with Gasteiger partial charge in [-0.2, -0.15) is 0 Å². The van der Waals surface area contributed by atoms with Crippen molar-refractivity contribution < 1.29 is 24.2 Å². The Kier molecular flexibility index (Phi) is 26.7. The Morgan fingerprint density at radius 2 is 0.889 bits per heavy atom. The van der Waals surface area contributed by atoms with Crippen molar-refractivity contribution in [2.24, 2.45) is 0 Å². The van der Waals surface area contributed by atoms with Gasteiger partial charge in [0.05, 0.1) is 0 Å². The first-order chi connectivity index (χ1) is 17.6. The number of aliphatic hydroxyl groups is 1. The highest BCUT2D eigenvalue weighted by atomic mass is 16.6. The number of aliphatic hydroxyl groups excluding tert-OH is 1. The predicted octanol–water partition coefficient (Wildman–Crippen LogP) is 8.39. The summed E-state index contributed by atoms with van der Waals surface area (Å²) in [5, 5.41) is 9.90. The lowest BCUT2D eigenvalue weighted by atomic mass is 10.1. The molecule has 0 aliphatic carbocycles. The Bertz CT molecular complexity index is 507. The van der Waals surface area contributed by atoms with E-state index in [-0.39, 0.29) is 25.2 Å². The minimum absolute atomic E-state index is 0.122. The van der Waals surface area contributed by atoms with E-state index in [9.17, 15) is 14.7 Å². The molecule has 210 valence electrons. The molecule has 1 N–H and O–H groups in total. The molecule has 0 heterocycles. The maximum absolute atomic E-state index is 11.8. The van der Waals surface area contributed by atoms with Gasteiger partial charge in [-0.15, -0.1) is 0 Å². The second kappa shape index (κ2) is 28.0. The van der Waals surface area contributed by atoms with Crippen molar-refractivity contribution >= 4 is 11.9 Å². The maximum Gasteiger partial charge on any atom is 0.305 e. The molecule has 0 rings (SSSR count). The van der Waals surface area contributed by atoms with E-state index in [1.54, 1.807) is 0 Å². The van der Waals surface area contributed by atoms with Crippen LogP contribution in [-0.2, 0) is 19.1 Å². The molecule has 0 fully saturated rings. The highest BCUT2D eigenvalue weighted by Crippen LogP contribution is 2.10. The molecule has 0 amide bonds. The first kappa shape index (κ1) is 34.4. The summed E-state index contributed by atoms with van der Waals surface area (Å²) in [5.74, 6) is -0.591. The van der Waals surface area contributed by atoms with Gasteiger partial charge in [0, 0.05) is 12.8 Å². The van der Waals surface area contributed by atoms with E-state index in [0.717, 1.165) is 51.4 Å². The van der Waals surface area contributed by atoms with E-state index >= 15 is 0 Å². The zero-order chi connectivity index (χ0) is 26.5. The largest absolute Gasteiger partial charge is 0.463 e. The number of allylic oxidation sites excluding steroid dienone is 4. The quantitative estimate of drug-likeness (QED) is 0.0721. The normalized spacial score (nSPS) is 11.7. The van der Waals surface area contributed by atoms with Crippen molar-refractivity contribution in [3.8, 4) is 0 Å². The molecule has 5 nitrogen and oxygen atoms in total. The summed E-state index contributed by atoms with van der Waals surface area (Å²) >= 11 is 0. The number of unbranched alkanes of at least 4 members (excludes halogenated alkanes) is 14. The number of esters is 2. The lowest BCUT2D eigenvalue weighted by Gasteiger charge is -2.12. The topological polar surface area (TPSA) is 72.8 Å². The molecule has 0 bridgehead atoms. The fraction of sp³-hybridized carbons (Fsp3) is 0.806. The van der Waals surface area contributed by atoms with E-state index in [4.69, 9.17) is 9.47 Å². The maximum atomic E-state index is 11.8. The lowest BCUT2D eigenvalue weighted by molar-refractivity contribution is -0.152. The van der Waals surface area contributed by atoms with Gasteiger partial charge in [-0.05, 0) is 51.4 Å². The molecule has 5 heteroatoms. The number of carbonyl (C=O) groups excluding carboxylic acids is 2. The van der Waals surface area contributed by atoms with E-state index in [0.29, 0.717) is 12.8 Å². The molecular weight excluding hydrogens is 452 g/mol. The van der Waals surface area contributed by atoms with Crippen molar-refractivity contribution in [3.05, 3.63) is 24.3 Å². The van der Waals surface area contributed by atoms with Gasteiger partial charge in [-0.1, -0.05) is 102 Å². The monoisotopic (exact) mass is 508 g/mol. The van der Waals surface area contributed by atoms with E-state index in [1.807, 2.05) is 0 Å². The molecule has 0 saturated heterocycles. The molecule has 0 aromatic carbocycles. The zero-order valence-electron chi connectivity index (χ0n) is 23.5. The highest BCUT2D eigenvalue weighted by Gasteiger charge is 2.12. The van der Waals surface area contributed by atoms with Crippen molar-refractivity contribution in [3.63, 3.8) is 0 Å². The van der Waals surface area contributed by atoms with E-state index in [2.05, 4.69) is 38.2 Å². The van der Waals surface area contributed by atoms with Crippen LogP contribution in [0.2, 0.25) is 0 Å². The Balaban J connectivity index is 3.49. The third kappa shape index (κ3) is 27.0. The van der Waals surface area contributed by atoms with Gasteiger partial charge in [0.15, 0.2) is 0 Å². The van der Waals surface area contributed by atoms with Gasteiger partial charge in [-0.25, -0.2) is 0 Å². The van der Waals surface area contributed by atoms with Crippen molar-refractivity contribution in [2.45, 2.75) is 148 Å². The van der Waals surface area contributed by atoms with Crippen LogP contribution in [0.3, 0.4) is 0 Å². The number of rotatable bonds is 26. The van der Waals surface area contributed by atoms with Crippen LogP contribution < -0.4 is 0 Å². The second-order valence-electron chi connectivity index (χ2n) is 9.86. The molecule has 0 saturated carbocycles. The number of ether oxygens (including phenoxy) is 2. The summed E-state index contributed by atoms with van der Waals surface area (Å²) in [5.41, 5.74) is 0. The SMILES string of the molecule is CCCC/C=C\CCCCCCCC(=O)OCC(O)COC(=O)CCCCCCC/C=C\CCCC. The minimum atomic E-state index is -0.964. The van der Waals surface area contributed by atoms with Crippen LogP contribution >= 0.6 is 0 Å². The Labute approximate surface area is 222 Å². The highest BCUT2D eigenvalue weighted by molar-refractivity contribution is 5.69. The molecule has 0 aliphatic rings. The molecule has 0 atom stereocenters. The molecule has 0 aromatic rings. The summed E-state index contributed by atoms with van der Waals surface area (Å²) in [4.78, 5) is 23.6. The van der Waals surface area contributed by atoms with Crippen molar-refractivity contribution in [1.29, 1.82) is 0 Å². The van der Waals surface area contributed by atoms with Gasteiger partial charge in [-0.3, -0.25) is 9.59 Å². The average molecular weight is 509 g/mol. The third-order valence-electron chi connectivity index (χ3n) is 6.16. The van der Waals surface area contributed by atoms with Gasteiger partial charge in [0.1, 0.15) is 19.3 Å². The van der Waals surface area contributed by atoms with Crippen LogP contribution in [0.4, 0.5) is 0 Å².